The van der Waals surface area contributed by atoms with Gasteiger partial charge in [-0.15, -0.1) is 0 Å². The molecule has 2 fully saturated rings. The van der Waals surface area contributed by atoms with Gasteiger partial charge in [0, 0.05) is 36.9 Å². The van der Waals surface area contributed by atoms with E-state index in [9.17, 15) is 4.79 Å². The van der Waals surface area contributed by atoms with Gasteiger partial charge in [-0.05, 0) is 70.0 Å². The second-order valence-electron chi connectivity index (χ2n) is 9.56. The molecule has 6 heteroatoms. The number of carbonyl (C=O) groups is 1. The fourth-order valence-corrected chi connectivity index (χ4v) is 5.80. The van der Waals surface area contributed by atoms with Gasteiger partial charge in [0.15, 0.2) is 5.69 Å². The number of hydrogen-bond donors (Lipinski definition) is 0. The van der Waals surface area contributed by atoms with Gasteiger partial charge in [-0.25, -0.2) is 0 Å². The van der Waals surface area contributed by atoms with Crippen LogP contribution in [0.5, 0.6) is 0 Å². The molecule has 0 bridgehead atoms. The van der Waals surface area contributed by atoms with Crippen LogP contribution in [0.25, 0.3) is 0 Å². The number of morpholine rings is 1. The van der Waals surface area contributed by atoms with Crippen molar-refractivity contribution in [3.8, 4) is 0 Å². The van der Waals surface area contributed by atoms with Gasteiger partial charge in [0.1, 0.15) is 0 Å². The van der Waals surface area contributed by atoms with Crippen LogP contribution in [-0.2, 0) is 30.5 Å². The zero-order valence-corrected chi connectivity index (χ0v) is 19.3. The van der Waals surface area contributed by atoms with Gasteiger partial charge in [-0.1, -0.05) is 30.3 Å². The SMILES string of the molecule is CCn1nc(C(=O)N2CCOCC2)c2c1CCC(N1CCC(Cc3ccccc3)CC1)C2. The van der Waals surface area contributed by atoms with Gasteiger partial charge in [-0.2, -0.15) is 5.10 Å². The predicted octanol–water partition coefficient (Wildman–Crippen LogP) is 3.19. The Labute approximate surface area is 191 Å². The summed E-state index contributed by atoms with van der Waals surface area (Å²) >= 11 is 0. The number of fused-ring (bicyclic) bond motifs is 1. The summed E-state index contributed by atoms with van der Waals surface area (Å²) in [6.07, 6.45) is 6.90. The van der Waals surface area contributed by atoms with Gasteiger partial charge in [-0.3, -0.25) is 9.48 Å². The van der Waals surface area contributed by atoms with Crippen molar-refractivity contribution < 1.29 is 9.53 Å². The molecule has 1 aromatic heterocycles. The van der Waals surface area contributed by atoms with Crippen molar-refractivity contribution in [3.05, 3.63) is 52.8 Å². The Kier molecular flexibility index (Phi) is 6.60. The number of aromatic nitrogens is 2. The fourth-order valence-electron chi connectivity index (χ4n) is 5.80. The number of amides is 1. The highest BCUT2D eigenvalue weighted by Gasteiger charge is 2.34. The Balaban J connectivity index is 1.25. The Morgan fingerprint density at radius 1 is 1.06 bits per heavy atom. The summed E-state index contributed by atoms with van der Waals surface area (Å²) in [6, 6.07) is 11.4. The summed E-state index contributed by atoms with van der Waals surface area (Å²) in [5.74, 6) is 0.882. The molecule has 0 saturated carbocycles. The molecule has 0 N–H and O–H groups in total. The monoisotopic (exact) mass is 436 g/mol. The lowest BCUT2D eigenvalue weighted by Crippen LogP contribution is -2.45. The molecule has 6 nitrogen and oxygen atoms in total. The molecule has 1 amide bonds. The molecular weight excluding hydrogens is 400 g/mol. The summed E-state index contributed by atoms with van der Waals surface area (Å²) in [5.41, 5.74) is 4.67. The third kappa shape index (κ3) is 4.48. The molecule has 2 aromatic rings. The molecule has 172 valence electrons. The number of benzene rings is 1. The Bertz CT molecular complexity index is 911. The van der Waals surface area contributed by atoms with E-state index in [1.807, 2.05) is 4.90 Å². The summed E-state index contributed by atoms with van der Waals surface area (Å²) in [7, 11) is 0. The van der Waals surface area contributed by atoms with Crippen LogP contribution in [0, 0.1) is 5.92 Å². The highest BCUT2D eigenvalue weighted by atomic mass is 16.5. The zero-order chi connectivity index (χ0) is 21.9. The number of hydrogen-bond acceptors (Lipinski definition) is 4. The van der Waals surface area contributed by atoms with Gasteiger partial charge in [0.25, 0.3) is 5.91 Å². The molecule has 3 heterocycles. The first kappa shape index (κ1) is 21.7. The average molecular weight is 437 g/mol. The summed E-state index contributed by atoms with van der Waals surface area (Å²) in [4.78, 5) is 17.9. The molecule has 0 spiro atoms. The number of ether oxygens (including phenoxy) is 1. The van der Waals surface area contributed by atoms with E-state index in [1.54, 1.807) is 0 Å². The van der Waals surface area contributed by atoms with Crippen LogP contribution >= 0.6 is 0 Å². The van der Waals surface area contributed by atoms with E-state index in [0.29, 0.717) is 38.0 Å². The minimum atomic E-state index is 0.0963. The van der Waals surface area contributed by atoms with Crippen molar-refractivity contribution in [1.29, 1.82) is 0 Å². The van der Waals surface area contributed by atoms with E-state index in [1.165, 1.54) is 55.6 Å². The van der Waals surface area contributed by atoms with E-state index in [0.717, 1.165) is 25.3 Å². The Hall–Kier alpha value is -2.18. The fraction of sp³-hybridized carbons (Fsp3) is 0.615. The van der Waals surface area contributed by atoms with Gasteiger partial charge in [0.2, 0.25) is 0 Å². The number of rotatable bonds is 5. The highest BCUT2D eigenvalue weighted by molar-refractivity contribution is 5.94. The van der Waals surface area contributed by atoms with E-state index in [2.05, 4.69) is 46.8 Å². The first-order chi connectivity index (χ1) is 15.7. The van der Waals surface area contributed by atoms with E-state index >= 15 is 0 Å². The smallest absolute Gasteiger partial charge is 0.274 e. The number of aryl methyl sites for hydroxylation is 1. The van der Waals surface area contributed by atoms with Crippen LogP contribution in [-0.4, -0.2) is 70.9 Å². The van der Waals surface area contributed by atoms with E-state index < -0.39 is 0 Å². The lowest BCUT2D eigenvalue weighted by Gasteiger charge is -2.39. The summed E-state index contributed by atoms with van der Waals surface area (Å²) < 4.78 is 7.52. The van der Waals surface area contributed by atoms with Crippen LogP contribution < -0.4 is 0 Å². The lowest BCUT2D eigenvalue weighted by atomic mass is 9.86. The molecule has 32 heavy (non-hydrogen) atoms. The second-order valence-corrected chi connectivity index (χ2v) is 9.56. The van der Waals surface area contributed by atoms with Gasteiger partial charge in [0.05, 0.1) is 13.2 Å². The van der Waals surface area contributed by atoms with Crippen molar-refractivity contribution in [3.63, 3.8) is 0 Å². The maximum absolute atomic E-state index is 13.3. The Morgan fingerprint density at radius 3 is 2.53 bits per heavy atom. The summed E-state index contributed by atoms with van der Waals surface area (Å²) in [6.45, 7) is 7.90. The maximum atomic E-state index is 13.3. The van der Waals surface area contributed by atoms with Crippen LogP contribution in [0.15, 0.2) is 30.3 Å². The minimum absolute atomic E-state index is 0.0963. The van der Waals surface area contributed by atoms with Crippen LogP contribution in [0.2, 0.25) is 0 Å². The molecule has 2 saturated heterocycles. The van der Waals surface area contributed by atoms with Crippen molar-refractivity contribution in [2.45, 2.75) is 58.0 Å². The highest BCUT2D eigenvalue weighted by Crippen LogP contribution is 2.31. The molecule has 1 aromatic carbocycles. The number of likely N-dealkylation sites (tertiary alicyclic amines) is 1. The topological polar surface area (TPSA) is 50.6 Å². The molecule has 2 aliphatic heterocycles. The van der Waals surface area contributed by atoms with E-state index in [4.69, 9.17) is 9.84 Å². The third-order valence-corrected chi connectivity index (χ3v) is 7.65. The zero-order valence-electron chi connectivity index (χ0n) is 19.3. The molecule has 1 aliphatic carbocycles. The predicted molar refractivity (Wildman–Crippen MR) is 125 cm³/mol. The molecule has 1 atom stereocenters. The largest absolute Gasteiger partial charge is 0.378 e. The Morgan fingerprint density at radius 2 is 1.81 bits per heavy atom. The number of piperidine rings is 1. The number of nitrogens with zero attached hydrogens (tertiary/aromatic N) is 4. The maximum Gasteiger partial charge on any atom is 0.274 e. The molecule has 5 rings (SSSR count). The van der Waals surface area contributed by atoms with E-state index in [-0.39, 0.29) is 5.91 Å². The minimum Gasteiger partial charge on any atom is -0.378 e. The van der Waals surface area contributed by atoms with Gasteiger partial charge < -0.3 is 14.5 Å². The molecule has 1 unspecified atom stereocenters. The van der Waals surface area contributed by atoms with Crippen molar-refractivity contribution in [2.75, 3.05) is 39.4 Å². The molecule has 3 aliphatic rings. The molecular formula is C26H36N4O2. The first-order valence-corrected chi connectivity index (χ1v) is 12.5. The standard InChI is InChI=1S/C26H36N4O2/c1-2-30-24-9-8-22(19-23(24)25(27-30)26(31)29-14-16-32-17-15-29)28-12-10-21(11-13-28)18-20-6-4-3-5-7-20/h3-7,21-22H,2,8-19H2,1H3. The van der Waals surface area contributed by atoms with Crippen LogP contribution in [0.1, 0.15) is 53.5 Å². The van der Waals surface area contributed by atoms with Crippen LogP contribution in [0.4, 0.5) is 0 Å². The number of carbonyl (C=O) groups excluding carboxylic acids is 1. The average Bonchev–Trinajstić information content (AvgIpc) is 3.23. The van der Waals surface area contributed by atoms with Crippen molar-refractivity contribution in [1.82, 2.24) is 19.6 Å². The van der Waals surface area contributed by atoms with Crippen molar-refractivity contribution >= 4 is 5.91 Å². The summed E-state index contributed by atoms with van der Waals surface area (Å²) in [5, 5.41) is 4.79. The lowest BCUT2D eigenvalue weighted by molar-refractivity contribution is 0.0297. The third-order valence-electron chi connectivity index (χ3n) is 7.65. The first-order valence-electron chi connectivity index (χ1n) is 12.5. The normalized spacial score (nSPS) is 22.7. The quantitative estimate of drug-likeness (QED) is 0.722. The molecule has 0 radical (unpaired) electrons. The van der Waals surface area contributed by atoms with Gasteiger partial charge >= 0.3 is 0 Å². The van der Waals surface area contributed by atoms with Crippen molar-refractivity contribution in [2.24, 2.45) is 5.92 Å². The second kappa shape index (κ2) is 9.75. The van der Waals surface area contributed by atoms with Crippen LogP contribution in [0.3, 0.4) is 0 Å².